The molecule has 9 aromatic carbocycles. The lowest BCUT2D eigenvalue weighted by Gasteiger charge is -2.30. The van der Waals surface area contributed by atoms with E-state index >= 15 is 0 Å². The molecule has 0 bridgehead atoms. The fraction of sp³-hybridized carbons (Fsp3) is 0.0746. The Balaban J connectivity index is 1.01. The molecule has 0 radical (unpaired) electrons. The Labute approximate surface area is 450 Å². The molecule has 75 heavy (non-hydrogen) atoms. The average molecular weight is 980 g/mol. The molecule has 360 valence electrons. The van der Waals surface area contributed by atoms with Crippen molar-refractivity contribution in [3.05, 3.63) is 248 Å². The molecule has 4 heterocycles. The molecule has 1 aliphatic rings. The number of nitrogens with zero attached hydrogens (tertiary/aromatic N) is 7. The van der Waals surface area contributed by atoms with Crippen LogP contribution in [0, 0.1) is 0 Å². The second-order valence-corrected chi connectivity index (χ2v) is 19.2. The van der Waals surface area contributed by atoms with Gasteiger partial charge in [0.15, 0.2) is 17.5 Å². The predicted octanol–water partition coefficient (Wildman–Crippen LogP) is 17.0. The topological polar surface area (TPSA) is 72.2 Å². The minimum atomic E-state index is -0.643. The highest BCUT2D eigenvalue weighted by Crippen LogP contribution is 2.52. The molecule has 0 aliphatic carbocycles. The Morgan fingerprint density at radius 2 is 1.07 bits per heavy atom. The summed E-state index contributed by atoms with van der Waals surface area (Å²) in [7, 11) is 0. The third kappa shape index (κ3) is 8.42. The van der Waals surface area contributed by atoms with Crippen molar-refractivity contribution in [2.75, 3.05) is 16.5 Å². The van der Waals surface area contributed by atoms with Gasteiger partial charge in [0.05, 0.1) is 47.4 Å². The molecule has 0 saturated heterocycles. The molecule has 13 rings (SSSR count). The normalized spacial score (nSPS) is 14.2. The smallest absolute Gasteiger partial charge is 0.167 e. The highest BCUT2D eigenvalue weighted by molar-refractivity contribution is 6.11. The molecule has 3 aromatic heterocycles. The van der Waals surface area contributed by atoms with Gasteiger partial charge in [0.2, 0.25) is 0 Å². The molecule has 0 amide bonds. The van der Waals surface area contributed by atoms with Crippen LogP contribution >= 0.6 is 0 Å². The van der Waals surface area contributed by atoms with Crippen LogP contribution in [0.4, 0.5) is 22.7 Å². The summed E-state index contributed by atoms with van der Waals surface area (Å²) in [6.45, 7) is 5.91. The van der Waals surface area contributed by atoms with Gasteiger partial charge in [-0.05, 0) is 82.8 Å². The van der Waals surface area contributed by atoms with Crippen LogP contribution in [0.3, 0.4) is 0 Å². The Kier molecular flexibility index (Phi) is 8.86. The summed E-state index contributed by atoms with van der Waals surface area (Å²) in [5, 5.41) is 1.89. The molecule has 0 N–H and O–H groups in total. The largest absolute Gasteiger partial charge is 0.456 e. The van der Waals surface area contributed by atoms with Crippen molar-refractivity contribution in [3.63, 3.8) is 0 Å². The average Bonchev–Trinajstić information content (AvgIpc) is 1.96. The van der Waals surface area contributed by atoms with Crippen LogP contribution in [0.1, 0.15) is 40.0 Å². The van der Waals surface area contributed by atoms with Crippen molar-refractivity contribution in [1.82, 2.24) is 24.5 Å². The zero-order valence-electron chi connectivity index (χ0n) is 51.1. The van der Waals surface area contributed by atoms with Crippen LogP contribution in [0.2, 0.25) is 0 Å². The second kappa shape index (κ2) is 18.7. The van der Waals surface area contributed by atoms with E-state index in [-0.39, 0.29) is 34.6 Å². The Morgan fingerprint density at radius 3 is 1.69 bits per heavy atom. The zero-order valence-corrected chi connectivity index (χ0v) is 41.1. The molecule has 8 nitrogen and oxygen atoms in total. The van der Waals surface area contributed by atoms with E-state index in [1.54, 1.807) is 18.3 Å². The number of rotatable bonds is 10. The van der Waals surface area contributed by atoms with Gasteiger partial charge in [-0.2, -0.15) is 0 Å². The quantitative estimate of drug-likeness (QED) is 0.135. The molecule has 1 aliphatic heterocycles. The first-order chi connectivity index (χ1) is 41.0. The van der Waals surface area contributed by atoms with Crippen LogP contribution in [-0.2, 0) is 5.41 Å². The molecule has 0 fully saturated rings. The maximum Gasteiger partial charge on any atom is 0.167 e. The van der Waals surface area contributed by atoms with Crippen LogP contribution in [0.15, 0.2) is 243 Å². The van der Waals surface area contributed by atoms with E-state index < -0.39 is 65.8 Å². The number of pyridine rings is 1. The number of hydrogen-bond acceptors (Lipinski definition) is 7. The van der Waals surface area contributed by atoms with E-state index in [2.05, 4.69) is 22.8 Å². The Hall–Kier alpha value is -9.66. The van der Waals surface area contributed by atoms with Gasteiger partial charge in [0, 0.05) is 57.0 Å². The summed E-state index contributed by atoms with van der Waals surface area (Å²) in [5.41, 5.74) is 6.47. The van der Waals surface area contributed by atoms with Gasteiger partial charge >= 0.3 is 0 Å². The molecular formula is C67H51N7O. The monoisotopic (exact) mass is 979 g/mol. The minimum Gasteiger partial charge on any atom is -0.456 e. The molecule has 0 spiro atoms. The molecule has 8 heteroatoms. The standard InChI is InChI=1S/C67H51N7O/c1-67(2,3)49-39-53(45-23-8-4-9-24-45)63(54(40-49)46-25-10-5-11-26-46)73-44-72(58-35-18-19-36-59(58)73)50-31-22-32-51(41-50)75-61-43-60-55(52-33-16-17-34-57(52)74(60)62-37-20-21-38-68-62)42-56(61)66-70-64(47-27-12-6-13-28-47)69-65(71-66)48-29-14-7-15-30-48/h4-43H,44H2,1-3H3/i4D,5D,8D,9D,10D,11D,23D,24D,25D,26D. The van der Waals surface area contributed by atoms with Crippen molar-refractivity contribution in [3.8, 4) is 73.7 Å². The molecule has 12 aromatic rings. The summed E-state index contributed by atoms with van der Waals surface area (Å²) in [5.74, 6) is 2.92. The third-order valence-electron chi connectivity index (χ3n) is 13.5. The highest BCUT2D eigenvalue weighted by atomic mass is 16.5. The fourth-order valence-corrected chi connectivity index (χ4v) is 9.89. The van der Waals surface area contributed by atoms with E-state index in [1.807, 2.05) is 176 Å². The van der Waals surface area contributed by atoms with Crippen LogP contribution < -0.4 is 14.5 Å². The number of fused-ring (bicyclic) bond motifs is 4. The number of hydrogen-bond donors (Lipinski definition) is 0. The number of ether oxygens (including phenoxy) is 1. The van der Waals surface area contributed by atoms with Gasteiger partial charge in [-0.25, -0.2) is 19.9 Å². The van der Waals surface area contributed by atoms with Gasteiger partial charge in [-0.15, -0.1) is 0 Å². The molecular weight excluding hydrogens is 919 g/mol. The summed E-state index contributed by atoms with van der Waals surface area (Å²) >= 11 is 0. The van der Waals surface area contributed by atoms with E-state index in [0.717, 1.165) is 32.9 Å². The number of aromatic nitrogens is 5. The van der Waals surface area contributed by atoms with Gasteiger partial charge in [0.25, 0.3) is 0 Å². The Morgan fingerprint density at radius 1 is 0.480 bits per heavy atom. The number of para-hydroxylation sites is 3. The van der Waals surface area contributed by atoms with Crippen LogP contribution in [0.25, 0.3) is 84.0 Å². The van der Waals surface area contributed by atoms with Crippen molar-refractivity contribution in [2.24, 2.45) is 0 Å². The van der Waals surface area contributed by atoms with Crippen molar-refractivity contribution in [2.45, 2.75) is 26.2 Å². The molecule has 0 unspecified atom stereocenters. The van der Waals surface area contributed by atoms with Crippen LogP contribution in [-0.4, -0.2) is 31.2 Å². The van der Waals surface area contributed by atoms with Gasteiger partial charge in [-0.3, -0.25) is 4.57 Å². The summed E-state index contributed by atoms with van der Waals surface area (Å²) in [4.78, 5) is 24.1. The van der Waals surface area contributed by atoms with E-state index in [9.17, 15) is 5.48 Å². The van der Waals surface area contributed by atoms with E-state index in [4.69, 9.17) is 32.9 Å². The summed E-state index contributed by atoms with van der Waals surface area (Å²) < 4.78 is 99.3. The summed E-state index contributed by atoms with van der Waals surface area (Å²) in [6, 6.07) is 51.2. The lowest BCUT2D eigenvalue weighted by atomic mass is 9.82. The van der Waals surface area contributed by atoms with Crippen molar-refractivity contribution >= 4 is 44.6 Å². The highest BCUT2D eigenvalue weighted by Gasteiger charge is 2.33. The molecule has 0 saturated carbocycles. The SMILES string of the molecule is [2H]c1c([2H])c([2H])c(-c2cc(C(C)(C)C)cc(-c3c([2H])c([2H])c([2H])c([2H])c3[2H])c2N2CN(c3cccc(Oc4cc5c(cc4-c4nc(-c6ccccc6)nc(-c6ccccc6)n4)c4ccccc4n5-c4ccccn4)c3)c3ccccc32)c([2H])c1[2H]. The molecule has 0 atom stereocenters. The van der Waals surface area contributed by atoms with E-state index in [0.29, 0.717) is 63.0 Å². The maximum absolute atomic E-state index is 9.37. The zero-order chi connectivity index (χ0) is 59.2. The first-order valence-corrected chi connectivity index (χ1v) is 24.6. The lowest BCUT2D eigenvalue weighted by molar-refractivity contribution is 0.484. The first-order valence-electron chi connectivity index (χ1n) is 29.6. The maximum atomic E-state index is 9.37. The minimum absolute atomic E-state index is 0.0474. The third-order valence-corrected chi connectivity index (χ3v) is 13.5. The van der Waals surface area contributed by atoms with Gasteiger partial charge < -0.3 is 14.5 Å². The predicted molar refractivity (Wildman–Crippen MR) is 306 cm³/mol. The Bertz CT molecular complexity index is 4470. The first kappa shape index (κ1) is 35.5. The fourth-order valence-electron chi connectivity index (χ4n) is 9.89. The van der Waals surface area contributed by atoms with Crippen molar-refractivity contribution in [1.29, 1.82) is 0 Å². The van der Waals surface area contributed by atoms with Gasteiger partial charge in [-0.1, -0.05) is 184 Å². The van der Waals surface area contributed by atoms with Gasteiger partial charge in [0.1, 0.15) is 24.0 Å². The second-order valence-electron chi connectivity index (χ2n) is 19.2. The lowest BCUT2D eigenvalue weighted by Crippen LogP contribution is -2.25. The number of benzene rings is 9. The van der Waals surface area contributed by atoms with Crippen molar-refractivity contribution < 1.29 is 18.4 Å². The summed E-state index contributed by atoms with van der Waals surface area (Å²) in [6.07, 6.45) is 1.76. The number of anilines is 4. The van der Waals surface area contributed by atoms with E-state index in [1.165, 1.54) is 0 Å². The van der Waals surface area contributed by atoms with Crippen LogP contribution in [0.5, 0.6) is 11.5 Å².